The largest absolute Gasteiger partial charge is 0.478 e. The molecule has 0 unspecified atom stereocenters. The number of H-pyrrole nitrogens is 1. The van der Waals surface area contributed by atoms with E-state index in [-0.39, 0.29) is 21.7 Å². The maximum Gasteiger partial charge on any atom is 0.335 e. The molecule has 0 bridgehead atoms. The predicted octanol–water partition coefficient (Wildman–Crippen LogP) is 3.33. The summed E-state index contributed by atoms with van der Waals surface area (Å²) in [5, 5.41) is 19.7. The Balaban J connectivity index is 1.96. The molecule has 0 aliphatic rings. The lowest BCUT2D eigenvalue weighted by molar-refractivity contribution is 0.0697. The topological polar surface area (TPSA) is 83.3 Å². The summed E-state index contributed by atoms with van der Waals surface area (Å²) in [5.41, 5.74) is 1.12. The van der Waals surface area contributed by atoms with Crippen LogP contribution in [0.15, 0.2) is 53.6 Å². The summed E-state index contributed by atoms with van der Waals surface area (Å²) in [6, 6.07) is 12.3. The summed E-state index contributed by atoms with van der Waals surface area (Å²) in [6.07, 6.45) is 1.49. The quantitative estimate of drug-likeness (QED) is 0.563. The molecule has 1 aromatic heterocycles. The van der Waals surface area contributed by atoms with Crippen molar-refractivity contribution in [1.29, 1.82) is 0 Å². The van der Waals surface area contributed by atoms with Crippen LogP contribution in [0, 0.1) is 10.6 Å². The molecule has 0 aliphatic heterocycles. The van der Waals surface area contributed by atoms with Crippen LogP contribution >= 0.6 is 12.2 Å². The van der Waals surface area contributed by atoms with Crippen molar-refractivity contribution in [2.75, 3.05) is 0 Å². The summed E-state index contributed by atoms with van der Waals surface area (Å²) >= 11 is 5.12. The van der Waals surface area contributed by atoms with Gasteiger partial charge in [-0.3, -0.25) is 0 Å². The van der Waals surface area contributed by atoms with Crippen molar-refractivity contribution in [3.8, 4) is 11.4 Å². The molecule has 3 rings (SSSR count). The molecule has 2 N–H and O–H groups in total. The second-order valence-electron chi connectivity index (χ2n) is 4.82. The van der Waals surface area contributed by atoms with E-state index in [1.165, 1.54) is 29.1 Å². The standard InChI is InChI=1S/C16H11FN4O2S/c17-13-4-2-1-3-12(13)14-19-20-16(24)21(14)18-9-10-5-7-11(8-6-10)15(22)23/h1-9H,(H,20,24)(H,22,23)/b18-9-. The van der Waals surface area contributed by atoms with E-state index in [9.17, 15) is 9.18 Å². The third-order valence-corrected chi connectivity index (χ3v) is 3.51. The second kappa shape index (κ2) is 6.55. The van der Waals surface area contributed by atoms with Crippen LogP contribution in [0.3, 0.4) is 0 Å². The fourth-order valence-electron chi connectivity index (χ4n) is 2.05. The van der Waals surface area contributed by atoms with Crippen LogP contribution in [-0.4, -0.2) is 32.2 Å². The first-order valence-corrected chi connectivity index (χ1v) is 7.27. The summed E-state index contributed by atoms with van der Waals surface area (Å²) in [7, 11) is 0. The highest BCUT2D eigenvalue weighted by molar-refractivity contribution is 7.71. The van der Waals surface area contributed by atoms with Crippen molar-refractivity contribution in [2.24, 2.45) is 5.10 Å². The summed E-state index contributed by atoms with van der Waals surface area (Å²) in [4.78, 5) is 10.8. The van der Waals surface area contributed by atoms with Gasteiger partial charge in [0.1, 0.15) is 5.82 Å². The average molecular weight is 342 g/mol. The molecular formula is C16H11FN4O2S. The molecule has 6 nitrogen and oxygen atoms in total. The molecule has 120 valence electrons. The van der Waals surface area contributed by atoms with Crippen LogP contribution in [0.2, 0.25) is 0 Å². The van der Waals surface area contributed by atoms with E-state index in [2.05, 4.69) is 15.3 Å². The maximum atomic E-state index is 13.9. The fraction of sp³-hybridized carbons (Fsp3) is 0. The van der Waals surface area contributed by atoms with Crippen molar-refractivity contribution in [3.63, 3.8) is 0 Å². The first-order chi connectivity index (χ1) is 11.6. The van der Waals surface area contributed by atoms with Gasteiger partial charge in [-0.05, 0) is 42.0 Å². The van der Waals surface area contributed by atoms with Gasteiger partial charge in [-0.1, -0.05) is 24.3 Å². The Bertz CT molecular complexity index is 976. The number of nitrogens with one attached hydrogen (secondary N) is 1. The molecule has 24 heavy (non-hydrogen) atoms. The summed E-state index contributed by atoms with van der Waals surface area (Å²) in [5.74, 6) is -1.19. The number of benzene rings is 2. The van der Waals surface area contributed by atoms with E-state index in [0.29, 0.717) is 5.56 Å². The van der Waals surface area contributed by atoms with Crippen LogP contribution in [0.25, 0.3) is 11.4 Å². The van der Waals surface area contributed by atoms with E-state index in [1.807, 2.05) is 0 Å². The molecular weight excluding hydrogens is 331 g/mol. The minimum Gasteiger partial charge on any atom is -0.478 e. The lowest BCUT2D eigenvalue weighted by Gasteiger charge is -2.02. The third-order valence-electron chi connectivity index (χ3n) is 3.25. The number of nitrogens with zero attached hydrogens (tertiary/aromatic N) is 3. The molecule has 0 radical (unpaired) electrons. The molecule has 0 amide bonds. The van der Waals surface area contributed by atoms with Crippen molar-refractivity contribution >= 4 is 24.4 Å². The zero-order valence-corrected chi connectivity index (χ0v) is 13.0. The first kappa shape index (κ1) is 15.8. The molecule has 0 aliphatic carbocycles. The minimum atomic E-state index is -1.00. The maximum absolute atomic E-state index is 13.9. The average Bonchev–Trinajstić information content (AvgIpc) is 2.94. The number of hydrogen-bond acceptors (Lipinski definition) is 4. The normalized spacial score (nSPS) is 11.0. The highest BCUT2D eigenvalue weighted by Crippen LogP contribution is 2.20. The smallest absolute Gasteiger partial charge is 0.335 e. The Kier molecular flexibility index (Phi) is 4.30. The van der Waals surface area contributed by atoms with E-state index in [1.54, 1.807) is 30.3 Å². The van der Waals surface area contributed by atoms with Crippen molar-refractivity contribution in [3.05, 3.63) is 70.2 Å². The van der Waals surface area contributed by atoms with Gasteiger partial charge >= 0.3 is 5.97 Å². The fourth-order valence-corrected chi connectivity index (χ4v) is 2.23. The number of carboxylic acid groups (broad SMARTS) is 1. The number of aromatic carboxylic acids is 1. The molecule has 0 saturated carbocycles. The minimum absolute atomic E-state index is 0.180. The van der Waals surface area contributed by atoms with Crippen molar-refractivity contribution in [1.82, 2.24) is 14.9 Å². The number of carboxylic acids is 1. The van der Waals surface area contributed by atoms with Gasteiger partial charge < -0.3 is 5.11 Å². The highest BCUT2D eigenvalue weighted by atomic mass is 32.1. The van der Waals surface area contributed by atoms with E-state index < -0.39 is 11.8 Å². The number of hydrogen-bond donors (Lipinski definition) is 2. The third kappa shape index (κ3) is 3.13. The monoisotopic (exact) mass is 342 g/mol. The van der Waals surface area contributed by atoms with Crippen molar-refractivity contribution < 1.29 is 14.3 Å². The van der Waals surface area contributed by atoms with Gasteiger partial charge in [0.2, 0.25) is 4.77 Å². The number of aromatic amines is 1. The highest BCUT2D eigenvalue weighted by Gasteiger charge is 2.12. The van der Waals surface area contributed by atoms with Gasteiger partial charge in [-0.25, -0.2) is 14.3 Å². The van der Waals surface area contributed by atoms with Crippen molar-refractivity contribution in [2.45, 2.75) is 0 Å². The van der Waals surface area contributed by atoms with Gasteiger partial charge in [-0.2, -0.15) is 14.9 Å². The Morgan fingerprint density at radius 3 is 2.62 bits per heavy atom. The number of rotatable bonds is 4. The lowest BCUT2D eigenvalue weighted by atomic mass is 10.1. The Morgan fingerprint density at radius 2 is 1.96 bits per heavy atom. The lowest BCUT2D eigenvalue weighted by Crippen LogP contribution is -1.98. The SMILES string of the molecule is O=C(O)c1ccc(/C=N\n2c(-c3ccccc3F)n[nH]c2=S)cc1. The van der Waals surface area contributed by atoms with Crippen LogP contribution in [0.4, 0.5) is 4.39 Å². The van der Waals surface area contributed by atoms with E-state index >= 15 is 0 Å². The van der Waals surface area contributed by atoms with E-state index in [0.717, 1.165) is 0 Å². The zero-order chi connectivity index (χ0) is 17.1. The number of halogens is 1. The van der Waals surface area contributed by atoms with Gasteiger partial charge in [0.05, 0.1) is 17.3 Å². The molecule has 0 saturated heterocycles. The van der Waals surface area contributed by atoms with Gasteiger partial charge in [0.15, 0.2) is 5.82 Å². The molecule has 1 heterocycles. The Hall–Kier alpha value is -3.13. The van der Waals surface area contributed by atoms with Gasteiger partial charge in [0.25, 0.3) is 0 Å². The molecule has 0 spiro atoms. The predicted molar refractivity (Wildman–Crippen MR) is 89.2 cm³/mol. The van der Waals surface area contributed by atoms with Gasteiger partial charge in [0, 0.05) is 0 Å². The number of aromatic nitrogens is 3. The Morgan fingerprint density at radius 1 is 1.25 bits per heavy atom. The van der Waals surface area contributed by atoms with Crippen LogP contribution in [0.1, 0.15) is 15.9 Å². The summed E-state index contributed by atoms with van der Waals surface area (Å²) < 4.78 is 15.5. The molecule has 0 fully saturated rings. The van der Waals surface area contributed by atoms with E-state index in [4.69, 9.17) is 17.3 Å². The van der Waals surface area contributed by atoms with Crippen LogP contribution in [0.5, 0.6) is 0 Å². The first-order valence-electron chi connectivity index (χ1n) is 6.86. The molecule has 2 aromatic carbocycles. The van der Waals surface area contributed by atoms with Crippen LogP contribution in [-0.2, 0) is 0 Å². The Labute approximate surface area is 140 Å². The molecule has 8 heteroatoms. The van der Waals surface area contributed by atoms with Gasteiger partial charge in [-0.15, -0.1) is 0 Å². The zero-order valence-electron chi connectivity index (χ0n) is 12.2. The summed E-state index contributed by atoms with van der Waals surface area (Å²) in [6.45, 7) is 0. The van der Waals surface area contributed by atoms with Crippen LogP contribution < -0.4 is 0 Å². The molecule has 0 atom stereocenters. The second-order valence-corrected chi connectivity index (χ2v) is 5.20. The number of carbonyl (C=O) groups is 1. The molecule has 3 aromatic rings.